The van der Waals surface area contributed by atoms with E-state index in [1.54, 1.807) is 13.1 Å². The van der Waals surface area contributed by atoms with Crippen LogP contribution < -0.4 is 20.7 Å². The van der Waals surface area contributed by atoms with Crippen molar-refractivity contribution in [3.63, 3.8) is 0 Å². The topological polar surface area (TPSA) is 137 Å². The van der Waals surface area contributed by atoms with Crippen LogP contribution in [-0.2, 0) is 19.3 Å². The molecule has 1 fully saturated rings. The molecule has 196 valence electrons. The zero-order valence-electron chi connectivity index (χ0n) is 20.2. The number of ether oxygens (including phenoxy) is 2. The number of aromatic nitrogens is 2. The second-order valence-corrected chi connectivity index (χ2v) is 15.8. The maximum Gasteiger partial charge on any atom is 0.485 e. The van der Waals surface area contributed by atoms with Gasteiger partial charge in [0.05, 0.1) is 18.6 Å². The van der Waals surface area contributed by atoms with Gasteiger partial charge in [-0.3, -0.25) is 5.84 Å². The average molecular weight is 532 g/mol. The van der Waals surface area contributed by atoms with Crippen LogP contribution in [0.5, 0.6) is 6.01 Å². The summed E-state index contributed by atoms with van der Waals surface area (Å²) >= 11 is 0. The van der Waals surface area contributed by atoms with Crippen molar-refractivity contribution in [3.8, 4) is 6.01 Å². The van der Waals surface area contributed by atoms with Crippen molar-refractivity contribution >= 4 is 18.4 Å². The van der Waals surface area contributed by atoms with Gasteiger partial charge in [0.2, 0.25) is 6.23 Å². The molecule has 0 unspecified atom stereocenters. The number of fused-ring (bicyclic) bond motifs is 4. The Morgan fingerprint density at radius 1 is 1.35 bits per heavy atom. The molecule has 3 heterocycles. The predicted octanol–water partition coefficient (Wildman–Crippen LogP) is 1.92. The molecule has 15 heteroatoms. The van der Waals surface area contributed by atoms with Crippen LogP contribution >= 0.6 is 0 Å². The molecular weight excluding hydrogens is 499 g/mol. The molecule has 3 rings (SSSR count). The van der Waals surface area contributed by atoms with Crippen molar-refractivity contribution in [1.29, 1.82) is 0 Å². The quantitative estimate of drug-likeness (QED) is 0.200. The van der Waals surface area contributed by atoms with Gasteiger partial charge in [0.1, 0.15) is 18.4 Å². The summed E-state index contributed by atoms with van der Waals surface area (Å²) in [6, 6.07) is 0.350. The molecule has 1 aromatic heterocycles. The molecule has 2 bridgehead atoms. The van der Waals surface area contributed by atoms with Gasteiger partial charge in [-0.05, 0) is 31.0 Å². The second kappa shape index (κ2) is 9.41. The predicted molar refractivity (Wildman–Crippen MR) is 117 cm³/mol. The first-order valence-corrected chi connectivity index (χ1v) is 14.9. The van der Waals surface area contributed by atoms with E-state index in [1.165, 1.54) is 0 Å². The van der Waals surface area contributed by atoms with E-state index in [9.17, 15) is 18.0 Å². The maximum atomic E-state index is 12.1. The van der Waals surface area contributed by atoms with Gasteiger partial charge in [0, 0.05) is 0 Å². The molecule has 0 aromatic carbocycles. The minimum atomic E-state index is -6.09. The lowest BCUT2D eigenvalue weighted by Crippen LogP contribution is -2.52. The van der Waals surface area contributed by atoms with Gasteiger partial charge in [-0.15, -0.1) is 0 Å². The molecule has 0 spiro atoms. The summed E-state index contributed by atoms with van der Waals surface area (Å²) in [7, 11) is -8.03. The summed E-state index contributed by atoms with van der Waals surface area (Å²) in [5.41, 5.74) is -5.33. The highest BCUT2D eigenvalue weighted by molar-refractivity contribution is 7.86. The van der Waals surface area contributed by atoms with Crippen LogP contribution in [0.4, 0.5) is 13.2 Å². The first-order chi connectivity index (χ1) is 15.2. The van der Waals surface area contributed by atoms with Gasteiger partial charge < -0.3 is 18.5 Å². The number of halogens is 3. The summed E-state index contributed by atoms with van der Waals surface area (Å²) in [5.74, 6) is 6.45. The van der Waals surface area contributed by atoms with E-state index in [0.717, 1.165) is 11.1 Å². The average Bonchev–Trinajstić information content (AvgIpc) is 3.01. The van der Waals surface area contributed by atoms with Crippen LogP contribution in [0.25, 0.3) is 0 Å². The van der Waals surface area contributed by atoms with Crippen LogP contribution in [-0.4, -0.2) is 50.3 Å². The molecule has 1 saturated heterocycles. The van der Waals surface area contributed by atoms with E-state index >= 15 is 0 Å². The van der Waals surface area contributed by atoms with E-state index in [2.05, 4.69) is 40.8 Å². The molecule has 0 saturated carbocycles. The molecule has 0 amide bonds. The van der Waals surface area contributed by atoms with Crippen LogP contribution in [0.2, 0.25) is 18.1 Å². The van der Waals surface area contributed by atoms with E-state index in [0.29, 0.717) is 24.1 Å². The Morgan fingerprint density at radius 2 is 1.88 bits per heavy atom. The molecular formula is C19H32F3N3O7SSi. The van der Waals surface area contributed by atoms with Crippen LogP contribution in [0.1, 0.15) is 45.9 Å². The Bertz CT molecular complexity index is 1070. The summed E-state index contributed by atoms with van der Waals surface area (Å²) in [6.07, 6.45) is 2.01. The second-order valence-electron chi connectivity index (χ2n) is 9.80. The maximum absolute atomic E-state index is 12.1. The van der Waals surface area contributed by atoms with Crippen molar-refractivity contribution in [3.05, 3.63) is 22.1 Å². The first-order valence-electron chi connectivity index (χ1n) is 10.6. The Hall–Kier alpha value is -1.68. The first kappa shape index (κ1) is 28.6. The number of nitrogen functional groups attached to an aromatic ring is 1. The summed E-state index contributed by atoms with van der Waals surface area (Å²) in [4.78, 5) is 12.1. The molecule has 0 radical (unpaired) electrons. The van der Waals surface area contributed by atoms with Crippen LogP contribution in [0, 0.1) is 12.8 Å². The largest absolute Gasteiger partial charge is 0.741 e. The lowest BCUT2D eigenvalue weighted by Gasteiger charge is -2.43. The fourth-order valence-electron chi connectivity index (χ4n) is 3.50. The number of aryl methyl sites for hydroxylation is 1. The van der Waals surface area contributed by atoms with Gasteiger partial charge >= 0.3 is 17.1 Å². The Labute approximate surface area is 197 Å². The molecule has 3 atom stereocenters. The fourth-order valence-corrected chi connectivity index (χ4v) is 5.84. The van der Waals surface area contributed by atoms with E-state index in [4.69, 9.17) is 32.7 Å². The highest BCUT2D eigenvalue weighted by Crippen LogP contribution is 2.45. The molecule has 2 aliphatic rings. The lowest BCUT2D eigenvalue weighted by molar-refractivity contribution is -0.770. The third kappa shape index (κ3) is 5.58. The zero-order chi connectivity index (χ0) is 26.4. The summed E-state index contributed by atoms with van der Waals surface area (Å²) in [6.45, 7) is 15.8. The van der Waals surface area contributed by atoms with E-state index < -0.39 is 23.9 Å². The molecule has 0 aliphatic carbocycles. The molecule has 2 aliphatic heterocycles. The van der Waals surface area contributed by atoms with E-state index in [-0.39, 0.29) is 29.0 Å². The third-order valence-corrected chi connectivity index (χ3v) is 12.1. The third-order valence-electron chi connectivity index (χ3n) is 6.95. The van der Waals surface area contributed by atoms with Crippen molar-refractivity contribution < 1.29 is 44.6 Å². The molecule has 10 nitrogen and oxygen atoms in total. The van der Waals surface area contributed by atoms with Gasteiger partial charge in [0.25, 0.3) is 0 Å². The standard InChI is InChI=1S/C18H32N3O4Si.CHF3O3S/c1-11(2)18(4,5)26(6,7)23-10-14-13-8-15(24-14)20-9-12(3)16(22)21(19)17(20)25-13;2-1(3,4)8(5,6)7/h9,11,13-15H,8,10,19H2,1-7H3;(H,5,6,7)/q+1;/p-1/t13-,14+,15+;/m0./s1. The molecule has 34 heavy (non-hydrogen) atoms. The molecule has 1 aromatic rings. The molecule has 2 N–H and O–H groups in total. The van der Waals surface area contributed by atoms with Crippen LogP contribution in [0.15, 0.2) is 11.0 Å². The van der Waals surface area contributed by atoms with Gasteiger partial charge in [-0.2, -0.15) is 17.7 Å². The summed E-state index contributed by atoms with van der Waals surface area (Å²) < 4.78 is 80.4. The van der Waals surface area contributed by atoms with E-state index in [1.807, 2.05) is 4.57 Å². The van der Waals surface area contributed by atoms with Crippen molar-refractivity contribution in [2.24, 2.45) is 5.92 Å². The number of rotatable bonds is 5. The minimum absolute atomic E-state index is 0.147. The van der Waals surface area contributed by atoms with Gasteiger partial charge in [-0.1, -0.05) is 32.4 Å². The highest BCUT2D eigenvalue weighted by atomic mass is 32.2. The Kier molecular flexibility index (Phi) is 7.90. The smallest absolute Gasteiger partial charge is 0.485 e. The number of hydrogen-bond acceptors (Lipinski definition) is 8. The highest BCUT2D eigenvalue weighted by Gasteiger charge is 2.50. The zero-order valence-corrected chi connectivity index (χ0v) is 22.0. The Morgan fingerprint density at radius 3 is 2.35 bits per heavy atom. The normalized spacial score (nSPS) is 22.6. The minimum Gasteiger partial charge on any atom is -0.741 e. The van der Waals surface area contributed by atoms with Gasteiger partial charge in [-0.25, -0.2) is 13.2 Å². The monoisotopic (exact) mass is 531 g/mol. The fraction of sp³-hybridized carbons (Fsp3) is 0.789. The lowest BCUT2D eigenvalue weighted by atomic mass is 9.99. The van der Waals surface area contributed by atoms with Crippen molar-refractivity contribution in [2.45, 2.75) is 83.1 Å². The Balaban J connectivity index is 0.000000440. The van der Waals surface area contributed by atoms with Gasteiger partial charge in [0.15, 0.2) is 18.4 Å². The number of nitrogens with zero attached hydrogens (tertiary/aromatic N) is 2. The number of alkyl halides is 3. The SMILES string of the molecule is Cc1c[n+]2c(n(N)c1=O)O[C@H]1C[C@H]2O[C@@H]1CO[Si](C)(C)C(C)(C)C(C)C.O=S(=O)([O-])C(F)(F)F. The summed E-state index contributed by atoms with van der Waals surface area (Å²) in [5, 5.41) is 0.147. The van der Waals surface area contributed by atoms with Crippen molar-refractivity contribution in [1.82, 2.24) is 4.68 Å². The van der Waals surface area contributed by atoms with Crippen molar-refractivity contribution in [2.75, 3.05) is 12.4 Å². The number of nitrogens with two attached hydrogens (primary N) is 1. The number of hydrogen-bond donors (Lipinski definition) is 1. The van der Waals surface area contributed by atoms with Crippen LogP contribution in [0.3, 0.4) is 0 Å².